The fraction of sp³-hybridized carbons (Fsp3) is 0.111. The molecule has 0 unspecified atom stereocenters. The van der Waals surface area contributed by atoms with Gasteiger partial charge in [0, 0.05) is 13.1 Å². The van der Waals surface area contributed by atoms with Gasteiger partial charge in [-0.15, -0.1) is 0 Å². The number of fused-ring (bicyclic) bond motifs is 1. The molecule has 0 amide bonds. The van der Waals surface area contributed by atoms with Gasteiger partial charge in [0.15, 0.2) is 5.82 Å². The first-order chi connectivity index (χ1) is 8.93. The van der Waals surface area contributed by atoms with Crippen LogP contribution in [-0.2, 0) is 0 Å². The average molecular weight is 265 g/mol. The fourth-order valence-corrected chi connectivity index (χ4v) is 1.58. The predicted molar refractivity (Wildman–Crippen MR) is 65.2 cm³/mol. The molecule has 0 bridgehead atoms. The van der Waals surface area contributed by atoms with Gasteiger partial charge in [-0.25, -0.2) is 4.98 Å². The molecular formula is C9H7N5O5. The van der Waals surface area contributed by atoms with Gasteiger partial charge in [0.1, 0.15) is 11.0 Å². The van der Waals surface area contributed by atoms with E-state index in [-0.39, 0.29) is 16.9 Å². The number of hydrogen-bond acceptors (Lipinski definition) is 7. The van der Waals surface area contributed by atoms with Crippen LogP contribution in [0.1, 0.15) is 0 Å². The number of rotatable bonds is 3. The number of benzene rings is 1. The number of aromatic nitrogens is 2. The van der Waals surface area contributed by atoms with E-state index in [1.165, 1.54) is 7.05 Å². The lowest BCUT2D eigenvalue weighted by Crippen LogP contribution is -2.14. The summed E-state index contributed by atoms with van der Waals surface area (Å²) in [4.78, 5) is 37.6. The van der Waals surface area contributed by atoms with Gasteiger partial charge < -0.3 is 10.3 Å². The quantitative estimate of drug-likeness (QED) is 0.616. The van der Waals surface area contributed by atoms with Crippen molar-refractivity contribution >= 4 is 28.2 Å². The Labute approximate surface area is 104 Å². The molecule has 10 nitrogen and oxygen atoms in total. The van der Waals surface area contributed by atoms with Crippen molar-refractivity contribution in [3.8, 4) is 0 Å². The minimum absolute atomic E-state index is 0.0372. The molecule has 19 heavy (non-hydrogen) atoms. The van der Waals surface area contributed by atoms with E-state index >= 15 is 0 Å². The molecule has 0 atom stereocenters. The Bertz CT molecular complexity index is 752. The van der Waals surface area contributed by atoms with Crippen LogP contribution < -0.4 is 10.9 Å². The second-order valence-electron chi connectivity index (χ2n) is 3.54. The Morgan fingerprint density at radius 1 is 1.26 bits per heavy atom. The van der Waals surface area contributed by atoms with Crippen molar-refractivity contribution in [2.45, 2.75) is 0 Å². The van der Waals surface area contributed by atoms with Crippen LogP contribution >= 0.6 is 0 Å². The van der Waals surface area contributed by atoms with Gasteiger partial charge in [-0.1, -0.05) is 0 Å². The van der Waals surface area contributed by atoms with Gasteiger partial charge in [-0.3, -0.25) is 25.0 Å². The number of nitro benzene ring substituents is 2. The zero-order chi connectivity index (χ0) is 14.2. The second-order valence-corrected chi connectivity index (χ2v) is 3.54. The molecule has 2 aromatic rings. The van der Waals surface area contributed by atoms with E-state index in [0.29, 0.717) is 0 Å². The highest BCUT2D eigenvalue weighted by atomic mass is 16.6. The fourth-order valence-electron chi connectivity index (χ4n) is 1.58. The van der Waals surface area contributed by atoms with E-state index < -0.39 is 26.8 Å². The zero-order valence-electron chi connectivity index (χ0n) is 9.54. The number of nitro groups is 2. The van der Waals surface area contributed by atoms with Gasteiger partial charge in [0.2, 0.25) is 0 Å². The molecule has 98 valence electrons. The molecule has 0 aliphatic carbocycles. The number of hydrogen-bond donors (Lipinski definition) is 2. The summed E-state index contributed by atoms with van der Waals surface area (Å²) in [6, 6.07) is 1.83. The highest BCUT2D eigenvalue weighted by Gasteiger charge is 2.21. The summed E-state index contributed by atoms with van der Waals surface area (Å²) in [5, 5.41) is 24.1. The van der Waals surface area contributed by atoms with Crippen LogP contribution in [0.5, 0.6) is 0 Å². The van der Waals surface area contributed by atoms with Gasteiger partial charge >= 0.3 is 5.69 Å². The summed E-state index contributed by atoms with van der Waals surface area (Å²) < 4.78 is 0. The summed E-state index contributed by atoms with van der Waals surface area (Å²) in [5.41, 5.74) is -1.88. The maximum Gasteiger partial charge on any atom is 0.301 e. The summed E-state index contributed by atoms with van der Waals surface area (Å²) in [7, 11) is 1.44. The number of anilines is 1. The SMILES string of the molecule is CNc1nc2cc([N+](=O)[O-])cc([N+](=O)[O-])c2[nH]c1=O. The van der Waals surface area contributed by atoms with Gasteiger partial charge in [0.25, 0.3) is 11.2 Å². The van der Waals surface area contributed by atoms with E-state index in [0.717, 1.165) is 12.1 Å². The van der Waals surface area contributed by atoms with Crippen molar-refractivity contribution in [1.29, 1.82) is 0 Å². The van der Waals surface area contributed by atoms with Crippen LogP contribution in [0.3, 0.4) is 0 Å². The lowest BCUT2D eigenvalue weighted by molar-refractivity contribution is -0.393. The zero-order valence-corrected chi connectivity index (χ0v) is 9.54. The van der Waals surface area contributed by atoms with Crippen LogP contribution in [0.4, 0.5) is 17.2 Å². The molecule has 0 radical (unpaired) electrons. The van der Waals surface area contributed by atoms with Gasteiger partial charge in [-0.2, -0.15) is 0 Å². The largest absolute Gasteiger partial charge is 0.369 e. The highest BCUT2D eigenvalue weighted by molar-refractivity contribution is 5.87. The monoisotopic (exact) mass is 265 g/mol. The van der Waals surface area contributed by atoms with Crippen molar-refractivity contribution in [2.75, 3.05) is 12.4 Å². The summed E-state index contributed by atoms with van der Waals surface area (Å²) >= 11 is 0. The lowest BCUT2D eigenvalue weighted by atomic mass is 10.2. The second kappa shape index (κ2) is 4.33. The summed E-state index contributed by atoms with van der Waals surface area (Å²) in [6.45, 7) is 0. The summed E-state index contributed by atoms with van der Waals surface area (Å²) in [5.74, 6) is -0.0812. The molecule has 10 heteroatoms. The van der Waals surface area contributed by atoms with Crippen LogP contribution in [0.15, 0.2) is 16.9 Å². The normalized spacial score (nSPS) is 10.4. The van der Waals surface area contributed by atoms with Crippen LogP contribution in [0.25, 0.3) is 11.0 Å². The first kappa shape index (κ1) is 12.4. The predicted octanol–water partition coefficient (Wildman–Crippen LogP) is 0.781. The van der Waals surface area contributed by atoms with Crippen LogP contribution in [-0.4, -0.2) is 26.9 Å². The molecule has 1 aromatic heterocycles. The van der Waals surface area contributed by atoms with Crippen LogP contribution in [0.2, 0.25) is 0 Å². The third-order valence-electron chi connectivity index (χ3n) is 2.41. The van der Waals surface area contributed by atoms with Crippen molar-refractivity contribution in [2.24, 2.45) is 0 Å². The number of nitrogens with zero attached hydrogens (tertiary/aromatic N) is 3. The van der Waals surface area contributed by atoms with Crippen molar-refractivity contribution in [3.05, 3.63) is 42.7 Å². The van der Waals surface area contributed by atoms with E-state index in [1.54, 1.807) is 0 Å². The van der Waals surface area contributed by atoms with E-state index in [4.69, 9.17) is 0 Å². The molecular weight excluding hydrogens is 258 g/mol. The minimum Gasteiger partial charge on any atom is -0.369 e. The molecule has 2 rings (SSSR count). The van der Waals surface area contributed by atoms with Crippen LogP contribution in [0, 0.1) is 20.2 Å². The van der Waals surface area contributed by atoms with Crippen molar-refractivity contribution in [3.63, 3.8) is 0 Å². The Morgan fingerprint density at radius 2 is 1.95 bits per heavy atom. The minimum atomic E-state index is -0.813. The Balaban J connectivity index is 2.91. The molecule has 0 spiro atoms. The first-order valence-corrected chi connectivity index (χ1v) is 4.98. The van der Waals surface area contributed by atoms with E-state index in [2.05, 4.69) is 15.3 Å². The topological polar surface area (TPSA) is 144 Å². The molecule has 2 N–H and O–H groups in total. The number of non-ortho nitro benzene ring substituents is 2. The van der Waals surface area contributed by atoms with Gasteiger partial charge in [0.05, 0.1) is 15.9 Å². The maximum atomic E-state index is 11.5. The molecule has 0 aliphatic heterocycles. The first-order valence-electron chi connectivity index (χ1n) is 4.98. The number of nitrogens with one attached hydrogen (secondary N) is 2. The Morgan fingerprint density at radius 3 is 2.47 bits per heavy atom. The molecule has 0 saturated carbocycles. The third kappa shape index (κ3) is 2.06. The Kier molecular flexibility index (Phi) is 2.83. The molecule has 1 aromatic carbocycles. The standard InChI is InChI=1S/C9H7N5O5/c1-10-8-9(15)12-7-5(11-8)2-4(13(16)17)3-6(7)14(18)19/h2-3H,1H3,(H,10,11)(H,12,15). The van der Waals surface area contributed by atoms with E-state index in [1.807, 2.05) is 0 Å². The molecule has 0 saturated heterocycles. The molecule has 0 fully saturated rings. The van der Waals surface area contributed by atoms with Crippen molar-refractivity contribution < 1.29 is 9.85 Å². The molecule has 1 heterocycles. The highest BCUT2D eigenvalue weighted by Crippen LogP contribution is 2.28. The maximum absolute atomic E-state index is 11.5. The number of H-pyrrole nitrogens is 1. The smallest absolute Gasteiger partial charge is 0.301 e. The number of aromatic amines is 1. The Hall–Kier alpha value is -3.04. The lowest BCUT2D eigenvalue weighted by Gasteiger charge is -2.02. The van der Waals surface area contributed by atoms with Crippen molar-refractivity contribution in [1.82, 2.24) is 9.97 Å². The third-order valence-corrected chi connectivity index (χ3v) is 2.41. The summed E-state index contributed by atoms with van der Waals surface area (Å²) in [6.07, 6.45) is 0. The average Bonchev–Trinajstić information content (AvgIpc) is 2.36. The molecule has 0 aliphatic rings. The van der Waals surface area contributed by atoms with E-state index in [9.17, 15) is 25.0 Å². The van der Waals surface area contributed by atoms with Gasteiger partial charge in [-0.05, 0) is 0 Å².